The largest absolute Gasteiger partial charge is 0.369 e. The number of hydrogen-bond acceptors (Lipinski definition) is 3. The fraction of sp³-hybridized carbons (Fsp3) is 0.556. The molecular weight excluding hydrogens is 188 g/mol. The molecular formula is C9H11F2N3. The molecule has 1 saturated carbocycles. The molecule has 0 bridgehead atoms. The molecule has 0 amide bonds. The summed E-state index contributed by atoms with van der Waals surface area (Å²) >= 11 is 0. The van der Waals surface area contributed by atoms with E-state index in [2.05, 4.69) is 15.3 Å². The molecule has 1 aliphatic rings. The molecule has 76 valence electrons. The highest BCUT2D eigenvalue weighted by molar-refractivity contribution is 5.33. The molecule has 0 aromatic carbocycles. The minimum Gasteiger partial charge on any atom is -0.369 e. The predicted octanol–water partition coefficient (Wildman–Crippen LogP) is 1.85. The van der Waals surface area contributed by atoms with Gasteiger partial charge in [-0.2, -0.15) is 0 Å². The minimum absolute atomic E-state index is 0.00986. The van der Waals surface area contributed by atoms with E-state index in [-0.39, 0.29) is 13.0 Å². The highest BCUT2D eigenvalue weighted by atomic mass is 19.3. The topological polar surface area (TPSA) is 37.8 Å². The standard InChI is InChI=1S/C9H11F2N3/c1-6-12-3-2-8(14-6)13-5-7-4-9(7,10)11/h2-3,7H,4-5H2,1H3,(H,12,13,14). The van der Waals surface area contributed by atoms with Gasteiger partial charge in [-0.25, -0.2) is 18.7 Å². The lowest BCUT2D eigenvalue weighted by molar-refractivity contribution is 0.101. The molecule has 0 saturated heterocycles. The summed E-state index contributed by atoms with van der Waals surface area (Å²) in [6, 6.07) is 1.67. The number of anilines is 1. The number of nitrogens with zero attached hydrogens (tertiary/aromatic N) is 2. The second-order valence-corrected chi connectivity index (χ2v) is 3.53. The lowest BCUT2D eigenvalue weighted by Crippen LogP contribution is -2.09. The molecule has 1 heterocycles. The number of aromatic nitrogens is 2. The van der Waals surface area contributed by atoms with Gasteiger partial charge in [0.15, 0.2) is 0 Å². The number of rotatable bonds is 3. The van der Waals surface area contributed by atoms with Crippen LogP contribution >= 0.6 is 0 Å². The van der Waals surface area contributed by atoms with E-state index in [0.717, 1.165) is 0 Å². The fourth-order valence-electron chi connectivity index (χ4n) is 1.27. The lowest BCUT2D eigenvalue weighted by atomic mass is 10.4. The smallest absolute Gasteiger partial charge is 0.253 e. The Morgan fingerprint density at radius 3 is 2.93 bits per heavy atom. The quantitative estimate of drug-likeness (QED) is 0.807. The first-order valence-corrected chi connectivity index (χ1v) is 4.49. The number of alkyl halides is 2. The van der Waals surface area contributed by atoms with Crippen LogP contribution in [0, 0.1) is 12.8 Å². The third-order valence-electron chi connectivity index (χ3n) is 2.26. The van der Waals surface area contributed by atoms with Crippen molar-refractivity contribution in [1.29, 1.82) is 0 Å². The van der Waals surface area contributed by atoms with Gasteiger partial charge in [0.05, 0.1) is 0 Å². The van der Waals surface area contributed by atoms with Gasteiger partial charge in [0.25, 0.3) is 5.92 Å². The Labute approximate surface area is 80.6 Å². The van der Waals surface area contributed by atoms with Gasteiger partial charge in [-0.15, -0.1) is 0 Å². The predicted molar refractivity (Wildman–Crippen MR) is 48.3 cm³/mol. The van der Waals surface area contributed by atoms with E-state index in [4.69, 9.17) is 0 Å². The molecule has 1 atom stereocenters. The maximum atomic E-state index is 12.5. The first-order chi connectivity index (χ1) is 6.58. The molecule has 1 aromatic heterocycles. The third kappa shape index (κ3) is 1.97. The Morgan fingerprint density at radius 1 is 1.64 bits per heavy atom. The minimum atomic E-state index is -2.46. The average Bonchev–Trinajstić information content (AvgIpc) is 2.71. The van der Waals surface area contributed by atoms with Gasteiger partial charge in [-0.1, -0.05) is 0 Å². The normalized spacial score (nSPS) is 23.2. The van der Waals surface area contributed by atoms with Crippen LogP contribution < -0.4 is 5.32 Å². The zero-order valence-electron chi connectivity index (χ0n) is 7.80. The molecule has 3 nitrogen and oxygen atoms in total. The lowest BCUT2D eigenvalue weighted by Gasteiger charge is -2.04. The van der Waals surface area contributed by atoms with Crippen LogP contribution in [0.4, 0.5) is 14.6 Å². The summed E-state index contributed by atoms with van der Waals surface area (Å²) in [6.45, 7) is 2.04. The maximum absolute atomic E-state index is 12.5. The van der Waals surface area contributed by atoms with Crippen LogP contribution in [0.5, 0.6) is 0 Å². The molecule has 5 heteroatoms. The van der Waals surface area contributed by atoms with E-state index in [1.54, 1.807) is 19.2 Å². The average molecular weight is 199 g/mol. The molecule has 1 unspecified atom stereocenters. The fourth-order valence-corrected chi connectivity index (χ4v) is 1.27. The molecule has 0 aliphatic heterocycles. The molecule has 1 aliphatic carbocycles. The SMILES string of the molecule is Cc1nccc(NCC2CC2(F)F)n1. The molecule has 1 fully saturated rings. The zero-order chi connectivity index (χ0) is 10.2. The van der Waals surface area contributed by atoms with Crippen LogP contribution in [0.2, 0.25) is 0 Å². The van der Waals surface area contributed by atoms with Crippen LogP contribution in [-0.2, 0) is 0 Å². The van der Waals surface area contributed by atoms with Crippen molar-refractivity contribution in [2.24, 2.45) is 5.92 Å². The van der Waals surface area contributed by atoms with E-state index in [0.29, 0.717) is 11.6 Å². The van der Waals surface area contributed by atoms with Gasteiger partial charge in [-0.05, 0) is 13.0 Å². The Morgan fingerprint density at radius 2 is 2.36 bits per heavy atom. The van der Waals surface area contributed by atoms with Crippen molar-refractivity contribution in [1.82, 2.24) is 9.97 Å². The first kappa shape index (κ1) is 9.30. The van der Waals surface area contributed by atoms with Crippen molar-refractivity contribution in [3.05, 3.63) is 18.1 Å². The molecule has 2 rings (SSSR count). The summed E-state index contributed by atoms with van der Waals surface area (Å²) in [4.78, 5) is 7.97. The first-order valence-electron chi connectivity index (χ1n) is 4.49. The van der Waals surface area contributed by atoms with E-state index >= 15 is 0 Å². The van der Waals surface area contributed by atoms with Crippen molar-refractivity contribution in [2.45, 2.75) is 19.3 Å². The van der Waals surface area contributed by atoms with Crippen LogP contribution in [0.25, 0.3) is 0 Å². The van der Waals surface area contributed by atoms with Gasteiger partial charge in [0.1, 0.15) is 11.6 Å². The summed E-state index contributed by atoms with van der Waals surface area (Å²) < 4.78 is 25.0. The maximum Gasteiger partial charge on any atom is 0.253 e. The second kappa shape index (κ2) is 3.15. The van der Waals surface area contributed by atoms with Crippen molar-refractivity contribution in [3.8, 4) is 0 Å². The Hall–Kier alpha value is -1.26. The zero-order valence-corrected chi connectivity index (χ0v) is 7.80. The van der Waals surface area contributed by atoms with Gasteiger partial charge < -0.3 is 5.32 Å². The van der Waals surface area contributed by atoms with Crippen LogP contribution in [-0.4, -0.2) is 22.4 Å². The highest BCUT2D eigenvalue weighted by Gasteiger charge is 2.56. The van der Waals surface area contributed by atoms with Gasteiger partial charge >= 0.3 is 0 Å². The molecule has 14 heavy (non-hydrogen) atoms. The van der Waals surface area contributed by atoms with Gasteiger partial charge in [0, 0.05) is 25.1 Å². The monoisotopic (exact) mass is 199 g/mol. The number of halogens is 2. The molecule has 0 radical (unpaired) electrons. The number of hydrogen-bond donors (Lipinski definition) is 1. The molecule has 0 spiro atoms. The van der Waals surface area contributed by atoms with E-state index in [1.165, 1.54) is 0 Å². The Kier molecular flexibility index (Phi) is 2.09. The van der Waals surface area contributed by atoms with E-state index in [1.807, 2.05) is 0 Å². The number of nitrogens with one attached hydrogen (secondary N) is 1. The van der Waals surface area contributed by atoms with E-state index in [9.17, 15) is 8.78 Å². The summed E-state index contributed by atoms with van der Waals surface area (Å²) in [5.41, 5.74) is 0. The summed E-state index contributed by atoms with van der Waals surface area (Å²) in [5.74, 6) is -1.75. The Balaban J connectivity index is 1.87. The van der Waals surface area contributed by atoms with Crippen molar-refractivity contribution in [2.75, 3.05) is 11.9 Å². The van der Waals surface area contributed by atoms with Crippen molar-refractivity contribution < 1.29 is 8.78 Å². The number of aryl methyl sites for hydroxylation is 1. The second-order valence-electron chi connectivity index (χ2n) is 3.53. The van der Waals surface area contributed by atoms with Crippen LogP contribution in [0.1, 0.15) is 12.2 Å². The van der Waals surface area contributed by atoms with Crippen LogP contribution in [0.3, 0.4) is 0 Å². The van der Waals surface area contributed by atoms with Crippen molar-refractivity contribution in [3.63, 3.8) is 0 Å². The third-order valence-corrected chi connectivity index (χ3v) is 2.26. The molecule has 1 N–H and O–H groups in total. The highest BCUT2D eigenvalue weighted by Crippen LogP contribution is 2.48. The summed E-state index contributed by atoms with van der Waals surface area (Å²) in [6.07, 6.45) is 1.60. The van der Waals surface area contributed by atoms with Gasteiger partial charge in [-0.3, -0.25) is 0 Å². The summed E-state index contributed by atoms with van der Waals surface area (Å²) in [7, 11) is 0. The van der Waals surface area contributed by atoms with E-state index < -0.39 is 11.8 Å². The summed E-state index contributed by atoms with van der Waals surface area (Å²) in [5, 5.41) is 2.87. The molecule has 1 aromatic rings. The van der Waals surface area contributed by atoms with Gasteiger partial charge in [0.2, 0.25) is 0 Å². The van der Waals surface area contributed by atoms with Crippen LogP contribution in [0.15, 0.2) is 12.3 Å². The Bertz CT molecular complexity index is 341. The van der Waals surface area contributed by atoms with Crippen molar-refractivity contribution >= 4 is 5.82 Å².